The van der Waals surface area contributed by atoms with Crippen molar-refractivity contribution in [1.82, 2.24) is 5.32 Å². The zero-order valence-electron chi connectivity index (χ0n) is 19.8. The molecule has 0 spiro atoms. The first-order valence-electron chi connectivity index (χ1n) is 12.5. The van der Waals surface area contributed by atoms with Gasteiger partial charge in [0.25, 0.3) is 0 Å². The van der Waals surface area contributed by atoms with Crippen LogP contribution in [0.2, 0.25) is 0 Å². The van der Waals surface area contributed by atoms with E-state index >= 15 is 0 Å². The molecule has 2 aromatic rings. The van der Waals surface area contributed by atoms with Gasteiger partial charge < -0.3 is 14.5 Å². The van der Waals surface area contributed by atoms with Crippen molar-refractivity contribution in [2.75, 3.05) is 7.11 Å². The lowest BCUT2D eigenvalue weighted by molar-refractivity contribution is -0.129. The Morgan fingerprint density at radius 3 is 2.94 bits per heavy atom. The first-order valence-corrected chi connectivity index (χ1v) is 12.5. The monoisotopic (exact) mass is 449 g/mol. The maximum Gasteiger partial charge on any atom is 0.220 e. The van der Waals surface area contributed by atoms with Gasteiger partial charge in [0, 0.05) is 18.3 Å². The van der Waals surface area contributed by atoms with Crippen molar-refractivity contribution in [3.8, 4) is 5.75 Å². The zero-order valence-corrected chi connectivity index (χ0v) is 19.8. The lowest BCUT2D eigenvalue weighted by Crippen LogP contribution is -2.44. The molecular weight excluding hydrogens is 414 g/mol. The van der Waals surface area contributed by atoms with E-state index in [1.807, 2.05) is 12.1 Å². The Labute approximate surface area is 196 Å². The molecule has 1 aromatic heterocycles. The van der Waals surface area contributed by atoms with Gasteiger partial charge in [-0.2, -0.15) is 0 Å². The molecule has 0 bridgehead atoms. The summed E-state index contributed by atoms with van der Waals surface area (Å²) in [5, 5.41) is 2.94. The molecule has 5 heteroatoms. The smallest absolute Gasteiger partial charge is 0.220 e. The van der Waals surface area contributed by atoms with Gasteiger partial charge in [-0.25, -0.2) is 0 Å². The van der Waals surface area contributed by atoms with Crippen molar-refractivity contribution in [1.29, 1.82) is 0 Å². The minimum Gasteiger partial charge on any atom is -0.497 e. The molecule has 0 radical (unpaired) electrons. The number of Topliss-reactive ketones (excluding diaryl/α,β-unsaturated/α-hetero) is 1. The van der Waals surface area contributed by atoms with Crippen molar-refractivity contribution in [2.45, 2.75) is 70.8 Å². The second-order valence-electron chi connectivity index (χ2n) is 10.5. The fourth-order valence-electron chi connectivity index (χ4n) is 7.22. The molecule has 33 heavy (non-hydrogen) atoms. The van der Waals surface area contributed by atoms with Crippen LogP contribution in [0.3, 0.4) is 0 Å². The minimum atomic E-state index is -0.183. The Balaban J connectivity index is 1.25. The molecule has 176 valence electrons. The number of nitrogens with one attached hydrogen (secondary N) is 1. The first kappa shape index (κ1) is 22.2. The molecule has 1 amide bonds. The number of benzene rings is 1. The highest BCUT2D eigenvalue weighted by Crippen LogP contribution is 2.62. The maximum atomic E-state index is 13.2. The molecule has 0 saturated heterocycles. The van der Waals surface area contributed by atoms with Crippen LogP contribution in [-0.4, -0.2) is 18.8 Å². The van der Waals surface area contributed by atoms with Gasteiger partial charge in [-0.05, 0) is 97.6 Å². The predicted octanol–water partition coefficient (Wildman–Crippen LogP) is 5.43. The lowest BCUT2D eigenvalue weighted by atomic mass is 9.54. The summed E-state index contributed by atoms with van der Waals surface area (Å²) in [6.07, 6.45) is 8.91. The summed E-state index contributed by atoms with van der Waals surface area (Å²) in [5.41, 5.74) is 2.72. The number of fused-ring (bicyclic) bond motifs is 5. The molecular formula is C28H35NO4. The van der Waals surface area contributed by atoms with Gasteiger partial charge in [-0.15, -0.1) is 0 Å². The van der Waals surface area contributed by atoms with Gasteiger partial charge in [-0.1, -0.05) is 13.0 Å². The molecule has 2 fully saturated rings. The molecule has 1 heterocycles. The highest BCUT2D eigenvalue weighted by atomic mass is 16.5. The Morgan fingerprint density at radius 1 is 1.27 bits per heavy atom. The number of aryl methyl sites for hydroxylation is 1. The van der Waals surface area contributed by atoms with Crippen LogP contribution in [-0.2, 0) is 22.6 Å². The number of carbonyl (C=O) groups excluding carboxylic acids is 2. The first-order chi connectivity index (χ1) is 16.0. The highest BCUT2D eigenvalue weighted by molar-refractivity contribution is 5.87. The number of methoxy groups -OCH3 is 1. The molecule has 3 aliphatic rings. The zero-order chi connectivity index (χ0) is 23.0. The van der Waals surface area contributed by atoms with Crippen LogP contribution >= 0.6 is 0 Å². The van der Waals surface area contributed by atoms with E-state index < -0.39 is 0 Å². The summed E-state index contributed by atoms with van der Waals surface area (Å²) in [5.74, 6) is 4.16. The SMILES string of the molecule is COc1ccc2c(c1)CC[C@H]1[C@@H]3[C@H](CCCC(=O)NCc4ccco4)CC(=O)[C@@]3(C)CC[C@H]21. The summed E-state index contributed by atoms with van der Waals surface area (Å²) >= 11 is 0. The lowest BCUT2D eigenvalue weighted by Gasteiger charge is -2.50. The van der Waals surface area contributed by atoms with Crippen LogP contribution in [0, 0.1) is 23.2 Å². The number of amides is 1. The second-order valence-corrected chi connectivity index (χ2v) is 10.5. The van der Waals surface area contributed by atoms with E-state index in [9.17, 15) is 9.59 Å². The minimum absolute atomic E-state index is 0.0561. The number of hydrogen-bond donors (Lipinski definition) is 1. The van der Waals surface area contributed by atoms with Gasteiger partial charge in [-0.3, -0.25) is 9.59 Å². The molecule has 5 atom stereocenters. The van der Waals surface area contributed by atoms with E-state index in [1.165, 1.54) is 11.1 Å². The predicted molar refractivity (Wildman–Crippen MR) is 126 cm³/mol. The Morgan fingerprint density at radius 2 is 2.15 bits per heavy atom. The van der Waals surface area contributed by atoms with E-state index in [2.05, 4.69) is 30.4 Å². The van der Waals surface area contributed by atoms with Crippen molar-refractivity contribution in [3.05, 3.63) is 53.5 Å². The van der Waals surface area contributed by atoms with Crippen molar-refractivity contribution >= 4 is 11.7 Å². The number of furan rings is 1. The number of hydrogen-bond acceptors (Lipinski definition) is 4. The van der Waals surface area contributed by atoms with Gasteiger partial charge in [0.15, 0.2) is 0 Å². The van der Waals surface area contributed by atoms with Gasteiger partial charge in [0.1, 0.15) is 17.3 Å². The van der Waals surface area contributed by atoms with Crippen molar-refractivity contribution in [3.63, 3.8) is 0 Å². The average Bonchev–Trinajstić information content (AvgIpc) is 3.43. The van der Waals surface area contributed by atoms with E-state index in [-0.39, 0.29) is 11.3 Å². The molecule has 5 rings (SSSR count). The molecule has 1 N–H and O–H groups in total. The van der Waals surface area contributed by atoms with E-state index in [1.54, 1.807) is 13.4 Å². The third-order valence-electron chi connectivity index (χ3n) is 8.80. The van der Waals surface area contributed by atoms with E-state index in [4.69, 9.17) is 9.15 Å². The van der Waals surface area contributed by atoms with Crippen LogP contribution in [0.4, 0.5) is 0 Å². The summed E-state index contributed by atoms with van der Waals surface area (Å²) < 4.78 is 10.7. The maximum absolute atomic E-state index is 13.2. The number of ether oxygens (including phenoxy) is 1. The fraction of sp³-hybridized carbons (Fsp3) is 0.571. The quantitative estimate of drug-likeness (QED) is 0.612. The number of carbonyl (C=O) groups is 2. The van der Waals surface area contributed by atoms with Gasteiger partial charge >= 0.3 is 0 Å². The number of rotatable bonds is 7. The van der Waals surface area contributed by atoms with Crippen molar-refractivity contribution < 1.29 is 18.7 Å². The average molecular weight is 450 g/mol. The van der Waals surface area contributed by atoms with Crippen LogP contribution < -0.4 is 10.1 Å². The summed E-state index contributed by atoms with van der Waals surface area (Å²) in [6, 6.07) is 10.3. The van der Waals surface area contributed by atoms with Crippen LogP contribution in [0.25, 0.3) is 0 Å². The molecule has 0 unspecified atom stereocenters. The normalized spacial score (nSPS) is 30.3. The van der Waals surface area contributed by atoms with Crippen molar-refractivity contribution in [2.24, 2.45) is 23.2 Å². The molecule has 5 nitrogen and oxygen atoms in total. The highest BCUT2D eigenvalue weighted by Gasteiger charge is 2.58. The summed E-state index contributed by atoms with van der Waals surface area (Å²) in [4.78, 5) is 25.5. The van der Waals surface area contributed by atoms with Crippen LogP contribution in [0.15, 0.2) is 41.0 Å². The third kappa shape index (κ3) is 4.11. The topological polar surface area (TPSA) is 68.5 Å². The standard InChI is InChI=1S/C28H35NO4/c1-28-13-12-23-22-11-9-20(32-2)15-18(22)8-10-24(23)27(28)19(16-25(28)30)5-3-7-26(31)29-17-21-6-4-14-33-21/h4,6,9,11,14-15,19,23-24,27H,3,5,7-8,10,12-13,16-17H2,1-2H3,(H,29,31)/t19-,23-,24-,27+,28-/m1/s1. The summed E-state index contributed by atoms with van der Waals surface area (Å²) in [6.45, 7) is 2.66. The third-order valence-corrected chi connectivity index (χ3v) is 8.80. The molecule has 3 aliphatic carbocycles. The Bertz CT molecular complexity index is 1010. The number of ketones is 1. The fourth-order valence-corrected chi connectivity index (χ4v) is 7.22. The molecule has 0 aliphatic heterocycles. The largest absolute Gasteiger partial charge is 0.497 e. The van der Waals surface area contributed by atoms with Gasteiger partial charge in [0.2, 0.25) is 5.91 Å². The molecule has 1 aromatic carbocycles. The van der Waals surface area contributed by atoms with Crippen LogP contribution in [0.5, 0.6) is 5.75 Å². The van der Waals surface area contributed by atoms with Gasteiger partial charge in [0.05, 0.1) is 19.9 Å². The second kappa shape index (κ2) is 9.00. The van der Waals surface area contributed by atoms with E-state index in [0.717, 1.165) is 50.0 Å². The van der Waals surface area contributed by atoms with E-state index in [0.29, 0.717) is 48.8 Å². The summed E-state index contributed by atoms with van der Waals surface area (Å²) in [7, 11) is 1.73. The Hall–Kier alpha value is -2.56. The molecule has 2 saturated carbocycles. The Kier molecular flexibility index (Phi) is 6.07. The van der Waals surface area contributed by atoms with Crippen LogP contribution in [0.1, 0.15) is 74.7 Å².